The minimum absolute atomic E-state index is 0.211. The van der Waals surface area contributed by atoms with E-state index >= 15 is 0 Å². The molecule has 6 heteroatoms. The molecule has 0 aliphatic heterocycles. The molecule has 0 spiro atoms. The maximum Gasteiger partial charge on any atom is 0.253 e. The first-order valence-corrected chi connectivity index (χ1v) is 6.35. The Morgan fingerprint density at radius 3 is 2.94 bits per heavy atom. The molecule has 0 radical (unpaired) electrons. The van der Waals surface area contributed by atoms with Gasteiger partial charge in [0.15, 0.2) is 0 Å². The second kappa shape index (κ2) is 5.54. The second-order valence-corrected chi connectivity index (χ2v) is 4.91. The van der Waals surface area contributed by atoms with Gasteiger partial charge in [-0.1, -0.05) is 24.4 Å². The van der Waals surface area contributed by atoms with Crippen LogP contribution in [0.2, 0.25) is 5.15 Å². The number of hydrogen-bond donors (Lipinski definition) is 3. The van der Waals surface area contributed by atoms with Crippen molar-refractivity contribution in [1.82, 2.24) is 10.3 Å². The molecular weight excluding hydrogens is 254 g/mol. The van der Waals surface area contributed by atoms with Crippen LogP contribution in [-0.4, -0.2) is 28.1 Å². The first-order chi connectivity index (χ1) is 8.58. The van der Waals surface area contributed by atoms with E-state index in [0.29, 0.717) is 5.56 Å². The number of hydrogen-bond acceptors (Lipinski definition) is 4. The zero-order valence-electron chi connectivity index (χ0n) is 9.90. The van der Waals surface area contributed by atoms with Gasteiger partial charge in [-0.05, 0) is 18.9 Å². The van der Waals surface area contributed by atoms with E-state index in [0.717, 1.165) is 25.7 Å². The van der Waals surface area contributed by atoms with Gasteiger partial charge in [-0.2, -0.15) is 0 Å². The Balaban J connectivity index is 2.09. The summed E-state index contributed by atoms with van der Waals surface area (Å²) < 4.78 is 0. The predicted octanol–water partition coefficient (Wildman–Crippen LogP) is 1.35. The van der Waals surface area contributed by atoms with E-state index < -0.39 is 6.10 Å². The summed E-state index contributed by atoms with van der Waals surface area (Å²) in [6.07, 6.45) is 4.38. The van der Waals surface area contributed by atoms with E-state index in [1.807, 2.05) is 0 Å². The highest BCUT2D eigenvalue weighted by atomic mass is 35.5. The van der Waals surface area contributed by atoms with Crippen molar-refractivity contribution in [2.24, 2.45) is 0 Å². The van der Waals surface area contributed by atoms with Crippen LogP contribution < -0.4 is 11.1 Å². The van der Waals surface area contributed by atoms with Gasteiger partial charge in [0.05, 0.1) is 29.6 Å². The molecule has 1 aromatic heterocycles. The van der Waals surface area contributed by atoms with Gasteiger partial charge in [-0.3, -0.25) is 4.79 Å². The standard InChI is InChI=1S/C12H16ClN3O2/c13-11-5-7(8(14)6-15-11)12(18)16-9-3-1-2-4-10(9)17/h5-6,9-10,17H,1-4,14H2,(H,16,18). The van der Waals surface area contributed by atoms with Crippen molar-refractivity contribution in [1.29, 1.82) is 0 Å². The van der Waals surface area contributed by atoms with Crippen LogP contribution in [0.4, 0.5) is 5.69 Å². The van der Waals surface area contributed by atoms with Gasteiger partial charge in [0.1, 0.15) is 5.15 Å². The first-order valence-electron chi connectivity index (χ1n) is 5.98. The summed E-state index contributed by atoms with van der Waals surface area (Å²) in [6.45, 7) is 0. The minimum Gasteiger partial charge on any atom is -0.397 e. The third kappa shape index (κ3) is 2.91. The Morgan fingerprint density at radius 2 is 2.22 bits per heavy atom. The molecule has 18 heavy (non-hydrogen) atoms. The molecule has 1 heterocycles. The van der Waals surface area contributed by atoms with Crippen molar-refractivity contribution >= 4 is 23.2 Å². The molecule has 98 valence electrons. The van der Waals surface area contributed by atoms with E-state index in [-0.39, 0.29) is 22.8 Å². The molecule has 0 bridgehead atoms. The molecule has 2 atom stereocenters. The van der Waals surface area contributed by atoms with Crippen LogP contribution in [0.5, 0.6) is 0 Å². The van der Waals surface area contributed by atoms with Gasteiger partial charge in [0.25, 0.3) is 5.91 Å². The summed E-state index contributed by atoms with van der Waals surface area (Å²) in [5.41, 5.74) is 6.26. The monoisotopic (exact) mass is 269 g/mol. The molecule has 1 aliphatic carbocycles. The fourth-order valence-electron chi connectivity index (χ4n) is 2.16. The molecular formula is C12H16ClN3O2. The Hall–Kier alpha value is -1.33. The van der Waals surface area contributed by atoms with Crippen LogP contribution in [0.3, 0.4) is 0 Å². The van der Waals surface area contributed by atoms with Crippen LogP contribution in [0.1, 0.15) is 36.0 Å². The highest BCUT2D eigenvalue weighted by Crippen LogP contribution is 2.20. The summed E-state index contributed by atoms with van der Waals surface area (Å²) in [5, 5.41) is 12.8. The Bertz CT molecular complexity index is 453. The summed E-state index contributed by atoms with van der Waals surface area (Å²) in [5.74, 6) is -0.317. The quantitative estimate of drug-likeness (QED) is 0.707. The molecule has 5 nitrogen and oxygen atoms in total. The molecule has 0 aromatic carbocycles. The van der Waals surface area contributed by atoms with Crippen LogP contribution in [-0.2, 0) is 0 Å². The zero-order valence-corrected chi connectivity index (χ0v) is 10.7. The molecule has 1 aromatic rings. The molecule has 4 N–H and O–H groups in total. The number of carbonyl (C=O) groups excluding carboxylic acids is 1. The van der Waals surface area contributed by atoms with Crippen molar-refractivity contribution in [3.63, 3.8) is 0 Å². The number of aromatic nitrogens is 1. The van der Waals surface area contributed by atoms with Crippen LogP contribution in [0.25, 0.3) is 0 Å². The SMILES string of the molecule is Nc1cnc(Cl)cc1C(=O)NC1CCCCC1O. The predicted molar refractivity (Wildman–Crippen MR) is 69.4 cm³/mol. The number of aliphatic hydroxyl groups is 1. The van der Waals surface area contributed by atoms with Crippen molar-refractivity contribution in [3.05, 3.63) is 23.0 Å². The maximum atomic E-state index is 12.0. The number of carbonyl (C=O) groups is 1. The van der Waals surface area contributed by atoms with Crippen LogP contribution in [0, 0.1) is 0 Å². The average molecular weight is 270 g/mol. The molecule has 0 saturated heterocycles. The van der Waals surface area contributed by atoms with Gasteiger partial charge in [0, 0.05) is 0 Å². The summed E-state index contributed by atoms with van der Waals surface area (Å²) in [6, 6.07) is 1.22. The van der Waals surface area contributed by atoms with Crippen LogP contribution >= 0.6 is 11.6 Å². The minimum atomic E-state index is -0.485. The third-order valence-electron chi connectivity index (χ3n) is 3.19. The molecule has 2 unspecified atom stereocenters. The molecule has 1 aliphatic rings. The topological polar surface area (TPSA) is 88.2 Å². The van der Waals surface area contributed by atoms with E-state index in [9.17, 15) is 9.90 Å². The number of nitrogens with one attached hydrogen (secondary N) is 1. The normalized spacial score (nSPS) is 23.7. The van der Waals surface area contributed by atoms with E-state index in [1.54, 1.807) is 0 Å². The first kappa shape index (κ1) is 13.1. The molecule has 1 amide bonds. The van der Waals surface area contributed by atoms with E-state index in [2.05, 4.69) is 10.3 Å². The fourth-order valence-corrected chi connectivity index (χ4v) is 2.32. The lowest BCUT2D eigenvalue weighted by Crippen LogP contribution is -2.45. The summed E-state index contributed by atoms with van der Waals surface area (Å²) in [7, 11) is 0. The lowest BCUT2D eigenvalue weighted by Gasteiger charge is -2.28. The lowest BCUT2D eigenvalue weighted by atomic mass is 9.92. The Morgan fingerprint density at radius 1 is 1.50 bits per heavy atom. The number of anilines is 1. The number of rotatable bonds is 2. The fraction of sp³-hybridized carbons (Fsp3) is 0.500. The third-order valence-corrected chi connectivity index (χ3v) is 3.40. The van der Waals surface area contributed by atoms with Gasteiger partial charge in [-0.25, -0.2) is 4.98 Å². The van der Waals surface area contributed by atoms with Crippen molar-refractivity contribution < 1.29 is 9.90 Å². The van der Waals surface area contributed by atoms with Gasteiger partial charge >= 0.3 is 0 Å². The number of nitrogens with zero attached hydrogens (tertiary/aromatic N) is 1. The number of aliphatic hydroxyl groups excluding tert-OH is 1. The van der Waals surface area contributed by atoms with E-state index in [1.165, 1.54) is 12.3 Å². The van der Waals surface area contributed by atoms with Crippen LogP contribution in [0.15, 0.2) is 12.3 Å². The van der Waals surface area contributed by atoms with Gasteiger partial charge < -0.3 is 16.2 Å². The Labute approximate surface area is 110 Å². The number of amides is 1. The number of nitrogen functional groups attached to an aromatic ring is 1. The highest BCUT2D eigenvalue weighted by molar-refractivity contribution is 6.29. The zero-order chi connectivity index (χ0) is 13.1. The largest absolute Gasteiger partial charge is 0.397 e. The smallest absolute Gasteiger partial charge is 0.253 e. The highest BCUT2D eigenvalue weighted by Gasteiger charge is 2.25. The Kier molecular flexibility index (Phi) is 4.04. The van der Waals surface area contributed by atoms with Gasteiger partial charge in [0.2, 0.25) is 0 Å². The maximum absolute atomic E-state index is 12.0. The molecule has 2 rings (SSSR count). The van der Waals surface area contributed by atoms with Gasteiger partial charge in [-0.15, -0.1) is 0 Å². The number of pyridine rings is 1. The number of nitrogens with two attached hydrogens (primary N) is 1. The van der Waals surface area contributed by atoms with E-state index in [4.69, 9.17) is 17.3 Å². The summed E-state index contributed by atoms with van der Waals surface area (Å²) in [4.78, 5) is 15.8. The molecule has 1 saturated carbocycles. The molecule has 1 fully saturated rings. The lowest BCUT2D eigenvalue weighted by molar-refractivity contribution is 0.0718. The second-order valence-electron chi connectivity index (χ2n) is 4.53. The average Bonchev–Trinajstić information content (AvgIpc) is 2.35. The van der Waals surface area contributed by atoms with Crippen molar-refractivity contribution in [2.75, 3.05) is 5.73 Å². The van der Waals surface area contributed by atoms with Crippen molar-refractivity contribution in [2.45, 2.75) is 37.8 Å². The summed E-state index contributed by atoms with van der Waals surface area (Å²) >= 11 is 5.74. The number of halogens is 1. The van der Waals surface area contributed by atoms with Crippen molar-refractivity contribution in [3.8, 4) is 0 Å².